The first kappa shape index (κ1) is 22.6. The zero-order valence-electron chi connectivity index (χ0n) is 19.3. The maximum absolute atomic E-state index is 13.5. The fourth-order valence-corrected chi connectivity index (χ4v) is 4.59. The van der Waals surface area contributed by atoms with E-state index < -0.39 is 5.41 Å². The number of nitrogens with one attached hydrogen (secondary N) is 1. The zero-order valence-corrected chi connectivity index (χ0v) is 19.3. The molecule has 1 atom stereocenters. The average Bonchev–Trinajstić information content (AvgIpc) is 3.28. The monoisotopic (exact) mass is 442 g/mol. The molecule has 170 valence electrons. The minimum atomic E-state index is -0.688. The van der Waals surface area contributed by atoms with Gasteiger partial charge in [0.15, 0.2) is 0 Å². The first-order valence-electron chi connectivity index (χ1n) is 11.5. The number of rotatable bonds is 7. The maximum atomic E-state index is 13.5. The van der Waals surface area contributed by atoms with E-state index >= 15 is 0 Å². The Hall–Kier alpha value is -3.54. The van der Waals surface area contributed by atoms with Gasteiger partial charge in [0.1, 0.15) is 5.69 Å². The van der Waals surface area contributed by atoms with Crippen LogP contribution in [0.4, 0.5) is 0 Å². The van der Waals surface area contributed by atoms with E-state index in [0.717, 1.165) is 23.1 Å². The minimum absolute atomic E-state index is 0.0119. The van der Waals surface area contributed by atoms with E-state index in [1.165, 1.54) is 18.0 Å². The van der Waals surface area contributed by atoms with Crippen molar-refractivity contribution in [1.29, 1.82) is 0 Å². The van der Waals surface area contributed by atoms with Crippen LogP contribution in [-0.4, -0.2) is 46.3 Å². The highest BCUT2D eigenvalue weighted by atomic mass is 16.2. The Morgan fingerprint density at radius 1 is 1.12 bits per heavy atom. The second-order valence-corrected chi connectivity index (χ2v) is 8.81. The van der Waals surface area contributed by atoms with Crippen molar-refractivity contribution < 1.29 is 9.59 Å². The highest BCUT2D eigenvalue weighted by Gasteiger charge is 2.46. The molecule has 6 nitrogen and oxygen atoms in total. The van der Waals surface area contributed by atoms with E-state index in [0.29, 0.717) is 38.2 Å². The summed E-state index contributed by atoms with van der Waals surface area (Å²) in [6.45, 7) is 5.62. The minimum Gasteiger partial charge on any atom is -0.356 e. The summed E-state index contributed by atoms with van der Waals surface area (Å²) >= 11 is 0. The van der Waals surface area contributed by atoms with E-state index in [1.807, 2.05) is 19.1 Å². The van der Waals surface area contributed by atoms with Crippen LogP contribution in [0.15, 0.2) is 67.1 Å². The van der Waals surface area contributed by atoms with Crippen LogP contribution in [0.25, 0.3) is 11.1 Å². The molecule has 1 N–H and O–H groups in total. The first-order chi connectivity index (χ1) is 16.0. The molecular weight excluding hydrogens is 412 g/mol. The number of nitrogens with zero attached hydrogens (tertiary/aromatic N) is 3. The van der Waals surface area contributed by atoms with Gasteiger partial charge in [-0.05, 0) is 42.9 Å². The lowest BCUT2D eigenvalue weighted by molar-refractivity contribution is -0.130. The van der Waals surface area contributed by atoms with Crippen LogP contribution < -0.4 is 5.32 Å². The molecular formula is C27H30N4O2. The number of aryl methyl sites for hydroxylation is 1. The Morgan fingerprint density at radius 3 is 2.73 bits per heavy atom. The lowest BCUT2D eigenvalue weighted by Crippen LogP contribution is -2.45. The van der Waals surface area contributed by atoms with Crippen molar-refractivity contribution in [2.75, 3.05) is 19.6 Å². The normalized spacial score (nSPS) is 17.7. The van der Waals surface area contributed by atoms with Gasteiger partial charge in [-0.15, -0.1) is 0 Å². The topological polar surface area (TPSA) is 75.2 Å². The Labute approximate surface area is 195 Å². The van der Waals surface area contributed by atoms with Crippen LogP contribution >= 0.6 is 0 Å². The molecule has 0 saturated carbocycles. The van der Waals surface area contributed by atoms with Crippen molar-refractivity contribution in [1.82, 2.24) is 20.2 Å². The van der Waals surface area contributed by atoms with Crippen molar-refractivity contribution in [3.05, 3.63) is 83.9 Å². The molecule has 2 heterocycles. The molecule has 0 radical (unpaired) electrons. The molecule has 6 heteroatoms. The van der Waals surface area contributed by atoms with Crippen LogP contribution in [0.2, 0.25) is 0 Å². The van der Waals surface area contributed by atoms with E-state index in [-0.39, 0.29) is 11.8 Å². The van der Waals surface area contributed by atoms with Gasteiger partial charge >= 0.3 is 0 Å². The fraction of sp³-hybridized carbons (Fsp3) is 0.333. The van der Waals surface area contributed by atoms with Crippen LogP contribution in [-0.2, 0) is 11.2 Å². The molecule has 1 aliphatic heterocycles. The number of benzene rings is 2. The second-order valence-electron chi connectivity index (χ2n) is 8.81. The molecule has 1 unspecified atom stereocenters. The highest BCUT2D eigenvalue weighted by molar-refractivity contribution is 5.93. The number of hydrogen-bond donors (Lipinski definition) is 1. The lowest BCUT2D eigenvalue weighted by atomic mass is 9.78. The van der Waals surface area contributed by atoms with Crippen molar-refractivity contribution in [3.63, 3.8) is 0 Å². The maximum Gasteiger partial charge on any atom is 0.274 e. The van der Waals surface area contributed by atoms with E-state index in [4.69, 9.17) is 0 Å². The lowest BCUT2D eigenvalue weighted by Gasteiger charge is -2.29. The Morgan fingerprint density at radius 2 is 1.97 bits per heavy atom. The summed E-state index contributed by atoms with van der Waals surface area (Å²) in [5, 5.41) is 3.10. The van der Waals surface area contributed by atoms with E-state index in [2.05, 4.69) is 58.6 Å². The zero-order chi connectivity index (χ0) is 23.3. The molecule has 1 aliphatic rings. The van der Waals surface area contributed by atoms with Crippen LogP contribution in [0, 0.1) is 12.3 Å². The van der Waals surface area contributed by atoms with Crippen LogP contribution in [0.1, 0.15) is 41.4 Å². The Kier molecular flexibility index (Phi) is 6.82. The molecule has 4 rings (SSSR count). The van der Waals surface area contributed by atoms with Gasteiger partial charge in [-0.2, -0.15) is 0 Å². The van der Waals surface area contributed by atoms with Crippen LogP contribution in [0.5, 0.6) is 0 Å². The Bertz CT molecular complexity index is 1130. The summed E-state index contributed by atoms with van der Waals surface area (Å²) in [6, 6.07) is 16.7. The summed E-state index contributed by atoms with van der Waals surface area (Å²) in [6.07, 6.45) is 6.58. The summed E-state index contributed by atoms with van der Waals surface area (Å²) in [7, 11) is 0. The van der Waals surface area contributed by atoms with Gasteiger partial charge in [-0.25, -0.2) is 4.98 Å². The number of aromatic nitrogens is 2. The fourth-order valence-electron chi connectivity index (χ4n) is 4.59. The van der Waals surface area contributed by atoms with E-state index in [1.54, 1.807) is 11.1 Å². The third kappa shape index (κ3) is 4.95. The smallest absolute Gasteiger partial charge is 0.274 e. The van der Waals surface area contributed by atoms with Gasteiger partial charge in [-0.1, -0.05) is 61.0 Å². The average molecular weight is 443 g/mol. The molecule has 0 bridgehead atoms. The largest absolute Gasteiger partial charge is 0.356 e. The van der Waals surface area contributed by atoms with Gasteiger partial charge < -0.3 is 10.2 Å². The first-order valence-corrected chi connectivity index (χ1v) is 11.5. The number of likely N-dealkylation sites (tertiary alicyclic amines) is 1. The van der Waals surface area contributed by atoms with Gasteiger partial charge in [-0.3, -0.25) is 14.6 Å². The number of amides is 2. The van der Waals surface area contributed by atoms with Crippen molar-refractivity contribution in [2.24, 2.45) is 5.41 Å². The highest BCUT2D eigenvalue weighted by Crippen LogP contribution is 2.38. The molecule has 1 fully saturated rings. The molecule has 0 aliphatic carbocycles. The molecule has 2 aromatic carbocycles. The predicted molar refractivity (Wildman–Crippen MR) is 129 cm³/mol. The quantitative estimate of drug-likeness (QED) is 0.599. The molecule has 1 aromatic heterocycles. The third-order valence-corrected chi connectivity index (χ3v) is 6.32. The summed E-state index contributed by atoms with van der Waals surface area (Å²) in [5.41, 5.74) is 4.19. The summed E-state index contributed by atoms with van der Waals surface area (Å²) in [5.74, 6) is -0.168. The van der Waals surface area contributed by atoms with Gasteiger partial charge in [0.2, 0.25) is 5.91 Å². The number of carbonyl (C=O) groups is 2. The van der Waals surface area contributed by atoms with Crippen molar-refractivity contribution >= 4 is 11.8 Å². The molecule has 33 heavy (non-hydrogen) atoms. The summed E-state index contributed by atoms with van der Waals surface area (Å²) in [4.78, 5) is 36.4. The second kappa shape index (κ2) is 9.94. The van der Waals surface area contributed by atoms with Gasteiger partial charge in [0, 0.05) is 32.0 Å². The summed E-state index contributed by atoms with van der Waals surface area (Å²) < 4.78 is 0. The molecule has 0 spiro atoms. The number of carbonyl (C=O) groups excluding carboxylic acids is 2. The predicted octanol–water partition coefficient (Wildman–Crippen LogP) is 4.05. The standard InChI is InChI=1S/C27H30N4O2/c1-3-12-30-26(33)27(11-15-31(19-27)25(32)24-18-28-13-14-29-24)17-22-8-4-5-10-23(22)21-9-6-7-20(2)16-21/h4-10,13-14,16,18H,3,11-12,15,17,19H2,1-2H3,(H,30,33). The van der Waals surface area contributed by atoms with Gasteiger partial charge in [0.05, 0.1) is 11.6 Å². The molecule has 2 amide bonds. The van der Waals surface area contributed by atoms with Crippen molar-refractivity contribution in [2.45, 2.75) is 33.1 Å². The SMILES string of the molecule is CCCNC(=O)C1(Cc2ccccc2-c2cccc(C)c2)CCN(C(=O)c2cnccn2)C1. The third-order valence-electron chi connectivity index (χ3n) is 6.32. The number of hydrogen-bond acceptors (Lipinski definition) is 4. The Balaban J connectivity index is 1.66. The molecule has 3 aromatic rings. The van der Waals surface area contributed by atoms with Crippen LogP contribution in [0.3, 0.4) is 0 Å². The van der Waals surface area contributed by atoms with Gasteiger partial charge in [0.25, 0.3) is 5.91 Å². The molecule has 1 saturated heterocycles. The van der Waals surface area contributed by atoms with E-state index in [9.17, 15) is 9.59 Å². The van der Waals surface area contributed by atoms with Crippen molar-refractivity contribution in [3.8, 4) is 11.1 Å².